The van der Waals surface area contributed by atoms with Gasteiger partial charge in [0, 0.05) is 46.1 Å². The number of carboxylic acids is 1. The maximum Gasteiger partial charge on any atom is 0.490 e. The number of halogens is 3. The first-order valence-corrected chi connectivity index (χ1v) is 15.0. The summed E-state index contributed by atoms with van der Waals surface area (Å²) in [5.41, 5.74) is 5.98. The Morgan fingerprint density at radius 3 is 1.96 bits per heavy atom. The maximum atomic E-state index is 13.2. The third-order valence-electron chi connectivity index (χ3n) is 7.03. The first kappa shape index (κ1) is 44.0. The van der Waals surface area contributed by atoms with Crippen molar-refractivity contribution in [2.45, 2.75) is 96.6 Å². The number of rotatable bonds is 12. The Labute approximate surface area is 290 Å². The number of aliphatic carboxylic acids is 1. The van der Waals surface area contributed by atoms with Crippen LogP contribution in [0.25, 0.3) is 0 Å². The Hall–Kier alpha value is -5.04. The highest BCUT2D eigenvalue weighted by Crippen LogP contribution is 2.37. The molecule has 51 heavy (non-hydrogen) atoms. The summed E-state index contributed by atoms with van der Waals surface area (Å²) in [6.45, 7) is 11.2. The molecule has 1 amide bonds. The zero-order valence-electron chi connectivity index (χ0n) is 28.9. The predicted molar refractivity (Wildman–Crippen MR) is 167 cm³/mol. The number of esters is 5. The van der Waals surface area contributed by atoms with Crippen molar-refractivity contribution in [1.29, 1.82) is 0 Å². The molecule has 1 saturated heterocycles. The molecule has 0 aromatic heterocycles. The van der Waals surface area contributed by atoms with E-state index in [1.807, 2.05) is 0 Å². The number of carbonyl (C=O) groups is 7. The highest BCUT2D eigenvalue weighted by molar-refractivity contribution is 5.95. The van der Waals surface area contributed by atoms with Crippen molar-refractivity contribution >= 4 is 41.7 Å². The lowest BCUT2D eigenvalue weighted by Gasteiger charge is -2.47. The monoisotopic (exact) mass is 734 g/mol. The molecule has 1 heterocycles. The van der Waals surface area contributed by atoms with Crippen LogP contribution >= 0.6 is 0 Å². The van der Waals surface area contributed by atoms with Crippen molar-refractivity contribution in [2.24, 2.45) is 5.73 Å². The van der Waals surface area contributed by atoms with Crippen LogP contribution < -0.4 is 15.8 Å². The van der Waals surface area contributed by atoms with E-state index in [0.717, 1.165) is 27.9 Å². The summed E-state index contributed by atoms with van der Waals surface area (Å²) in [6, 6.07) is 1.84. The smallest absolute Gasteiger partial charge is 0.475 e. The van der Waals surface area contributed by atoms with E-state index in [4.69, 9.17) is 44.1 Å². The number of hydrogen-bond donors (Lipinski definition) is 3. The molecule has 2 rings (SSSR count). The molecule has 1 aromatic rings. The summed E-state index contributed by atoms with van der Waals surface area (Å²) in [4.78, 5) is 83.0. The van der Waals surface area contributed by atoms with Gasteiger partial charge in [-0.1, -0.05) is 6.08 Å². The number of hydrogen-bond acceptors (Lipinski definition) is 14. The van der Waals surface area contributed by atoms with Crippen LogP contribution in [0.15, 0.2) is 24.8 Å². The predicted octanol–water partition coefficient (Wildman–Crippen LogP) is 1.99. The number of carbonyl (C=O) groups excluding carboxylic acids is 6. The van der Waals surface area contributed by atoms with Crippen molar-refractivity contribution in [3.8, 4) is 5.75 Å². The molecule has 0 unspecified atom stereocenters. The number of benzene rings is 1. The van der Waals surface area contributed by atoms with Crippen molar-refractivity contribution in [3.05, 3.63) is 41.5 Å². The number of carboxylic acid groups (broad SMARTS) is 1. The largest absolute Gasteiger partial charge is 0.490 e. The fraction of sp³-hybridized carbons (Fsp3) is 0.531. The van der Waals surface area contributed by atoms with Gasteiger partial charge in [-0.2, -0.15) is 13.2 Å². The normalized spacial score (nSPS) is 20.9. The van der Waals surface area contributed by atoms with Gasteiger partial charge >= 0.3 is 42.0 Å². The summed E-state index contributed by atoms with van der Waals surface area (Å²) in [7, 11) is 1.14. The van der Waals surface area contributed by atoms with E-state index in [9.17, 15) is 41.9 Å². The van der Waals surface area contributed by atoms with Gasteiger partial charge in [-0.15, -0.1) is 6.58 Å². The highest BCUT2D eigenvalue weighted by atomic mass is 19.4. The van der Waals surface area contributed by atoms with Crippen LogP contribution in [0.4, 0.5) is 13.2 Å². The Balaban J connectivity index is 0.00000167. The first-order valence-electron chi connectivity index (χ1n) is 15.0. The zero-order valence-corrected chi connectivity index (χ0v) is 28.9. The van der Waals surface area contributed by atoms with Gasteiger partial charge < -0.3 is 44.6 Å². The molecule has 1 aromatic carbocycles. The summed E-state index contributed by atoms with van der Waals surface area (Å²) in [5, 5.41) is 9.77. The molecule has 0 radical (unpaired) electrons. The van der Waals surface area contributed by atoms with Gasteiger partial charge in [-0.25, -0.2) is 9.59 Å². The molecule has 0 aliphatic carbocycles. The standard InChI is InChI=1S/C30H40N2O12.C2HF3O2/c1-9-10-30(29(38)39-8)13-22(40-17(4)33)24(31)27(44-30)26(43-20(7)36)23(41-18(5)34)14-32-28(37)21-11-15(2)25(16(3)12-21)42-19(6)35;3-2(4,5)1(6)7/h9,11-12,22-24,26-27H,1,10,13-14,31H2,2-8H3,(H,32,37);(H,6,7)/t22-,23+,24+,26+,27+,30+;/m0./s1. The van der Waals surface area contributed by atoms with E-state index in [1.165, 1.54) is 25.1 Å². The van der Waals surface area contributed by atoms with Crippen LogP contribution in [0.1, 0.15) is 62.0 Å². The second kappa shape index (κ2) is 18.8. The minimum Gasteiger partial charge on any atom is -0.475 e. The van der Waals surface area contributed by atoms with Gasteiger partial charge in [-0.3, -0.25) is 24.0 Å². The van der Waals surface area contributed by atoms with Gasteiger partial charge in [0.15, 0.2) is 17.8 Å². The maximum absolute atomic E-state index is 13.2. The molecule has 4 N–H and O–H groups in total. The molecular formula is C32H41F3N2O14. The van der Waals surface area contributed by atoms with Crippen LogP contribution in [0, 0.1) is 13.8 Å². The van der Waals surface area contributed by atoms with Crippen LogP contribution in [0.3, 0.4) is 0 Å². The topological polar surface area (TPSA) is 233 Å². The quantitative estimate of drug-likeness (QED) is 0.121. The van der Waals surface area contributed by atoms with Crippen LogP contribution in [0.2, 0.25) is 0 Å². The minimum atomic E-state index is -5.08. The van der Waals surface area contributed by atoms with Crippen molar-refractivity contribution in [2.75, 3.05) is 13.7 Å². The van der Waals surface area contributed by atoms with Crippen LogP contribution in [-0.2, 0) is 52.5 Å². The van der Waals surface area contributed by atoms with Gasteiger partial charge in [-0.05, 0) is 37.1 Å². The zero-order chi connectivity index (χ0) is 39.4. The fourth-order valence-corrected chi connectivity index (χ4v) is 5.11. The molecule has 6 atom stereocenters. The third-order valence-corrected chi connectivity index (χ3v) is 7.03. The van der Waals surface area contributed by atoms with E-state index in [1.54, 1.807) is 13.8 Å². The Bertz CT molecular complexity index is 1470. The molecule has 284 valence electrons. The summed E-state index contributed by atoms with van der Waals surface area (Å²) >= 11 is 0. The molecule has 16 nitrogen and oxygen atoms in total. The summed E-state index contributed by atoms with van der Waals surface area (Å²) in [5.74, 6) is -6.67. The average Bonchev–Trinajstić information content (AvgIpc) is 3.00. The number of nitrogens with one attached hydrogen (secondary N) is 1. The van der Waals surface area contributed by atoms with Crippen molar-refractivity contribution in [3.63, 3.8) is 0 Å². The van der Waals surface area contributed by atoms with Gasteiger partial charge in [0.25, 0.3) is 5.91 Å². The molecule has 1 fully saturated rings. The molecular weight excluding hydrogens is 693 g/mol. The minimum absolute atomic E-state index is 0.0928. The lowest BCUT2D eigenvalue weighted by molar-refractivity contribution is -0.236. The number of aryl methyl sites for hydroxylation is 2. The van der Waals surface area contributed by atoms with E-state index < -0.39 is 90.5 Å². The molecule has 19 heteroatoms. The Kier molecular flexibility index (Phi) is 16.2. The summed E-state index contributed by atoms with van der Waals surface area (Å²) < 4.78 is 64.6. The molecule has 0 bridgehead atoms. The number of nitrogens with two attached hydrogens (primary N) is 1. The third kappa shape index (κ3) is 13.0. The SMILES string of the molecule is C=CC[C@]1(C(=O)OC)C[C@H](OC(C)=O)[C@@H](N)[C@H]([C@H](OC(C)=O)[C@@H](CNC(=O)c2cc(C)c(OC(C)=O)c(C)c2)OC(C)=O)O1.O=C(O)C(F)(F)F. The highest BCUT2D eigenvalue weighted by Gasteiger charge is 2.56. The van der Waals surface area contributed by atoms with Crippen LogP contribution in [-0.4, -0.2) is 103 Å². The van der Waals surface area contributed by atoms with Crippen LogP contribution in [0.5, 0.6) is 5.75 Å². The molecule has 0 saturated carbocycles. The lowest BCUT2D eigenvalue weighted by Crippen LogP contribution is -2.67. The first-order chi connectivity index (χ1) is 23.5. The molecule has 1 aliphatic rings. The van der Waals surface area contributed by atoms with Crippen molar-refractivity contribution < 1.29 is 80.3 Å². The van der Waals surface area contributed by atoms with Gasteiger partial charge in [0.05, 0.1) is 19.7 Å². The Morgan fingerprint density at radius 1 is 1.02 bits per heavy atom. The van der Waals surface area contributed by atoms with E-state index in [0.29, 0.717) is 16.9 Å². The van der Waals surface area contributed by atoms with E-state index in [2.05, 4.69) is 11.9 Å². The average molecular weight is 735 g/mol. The summed E-state index contributed by atoms with van der Waals surface area (Å²) in [6.07, 6.45) is -9.36. The second-order valence-corrected chi connectivity index (χ2v) is 11.3. The number of methoxy groups -OCH3 is 1. The number of amides is 1. The van der Waals surface area contributed by atoms with E-state index >= 15 is 0 Å². The van der Waals surface area contributed by atoms with E-state index in [-0.39, 0.29) is 18.4 Å². The second-order valence-electron chi connectivity index (χ2n) is 11.3. The van der Waals surface area contributed by atoms with Gasteiger partial charge in [0.1, 0.15) is 18.0 Å². The number of ether oxygens (including phenoxy) is 6. The fourth-order valence-electron chi connectivity index (χ4n) is 5.11. The lowest BCUT2D eigenvalue weighted by atomic mass is 9.82. The number of alkyl halides is 3. The van der Waals surface area contributed by atoms with Gasteiger partial charge in [0.2, 0.25) is 0 Å². The molecule has 1 aliphatic heterocycles. The Morgan fingerprint density at radius 2 is 1.55 bits per heavy atom. The van der Waals surface area contributed by atoms with Crippen molar-refractivity contribution in [1.82, 2.24) is 5.32 Å². The molecule has 0 spiro atoms.